The van der Waals surface area contributed by atoms with Crippen molar-refractivity contribution in [1.82, 2.24) is 30.7 Å². The van der Waals surface area contributed by atoms with Gasteiger partial charge < -0.3 is 57.5 Å². The zero-order valence-electron chi connectivity index (χ0n) is 53.0. The maximum Gasteiger partial charge on any atom is 0.411 e. The van der Waals surface area contributed by atoms with Crippen molar-refractivity contribution in [3.05, 3.63) is 70.0 Å². The molecular formula is C63H97N11O12S. The van der Waals surface area contributed by atoms with Crippen molar-refractivity contribution in [2.75, 3.05) is 42.6 Å². The van der Waals surface area contributed by atoms with E-state index in [0.717, 1.165) is 45.1 Å². The number of anilines is 3. The molecule has 0 spiro atoms. The van der Waals surface area contributed by atoms with Crippen molar-refractivity contribution >= 4 is 82.1 Å². The number of carbonyl (C=O) groups is 9. The monoisotopic (exact) mass is 1230 g/mol. The van der Waals surface area contributed by atoms with Crippen LogP contribution in [0.4, 0.5) is 26.8 Å². The van der Waals surface area contributed by atoms with Gasteiger partial charge in [0.1, 0.15) is 29.4 Å². The fraction of sp³-hybridized carbons (Fsp3) is 0.619. The second kappa shape index (κ2) is 34.4. The molecule has 0 bridgehead atoms. The van der Waals surface area contributed by atoms with E-state index in [1.807, 2.05) is 46.6 Å². The molecule has 2 heterocycles. The number of esters is 1. The molecule has 482 valence electrons. The van der Waals surface area contributed by atoms with Crippen LogP contribution in [0.2, 0.25) is 0 Å². The van der Waals surface area contributed by atoms with E-state index in [0.29, 0.717) is 46.9 Å². The van der Waals surface area contributed by atoms with Crippen LogP contribution in [0.3, 0.4) is 0 Å². The van der Waals surface area contributed by atoms with Crippen LogP contribution < -0.4 is 43.4 Å². The summed E-state index contributed by atoms with van der Waals surface area (Å²) in [5.74, 6) is -5.91. The number of amides is 8. The van der Waals surface area contributed by atoms with Crippen molar-refractivity contribution < 1.29 is 57.7 Å². The van der Waals surface area contributed by atoms with Gasteiger partial charge in [0.25, 0.3) is 0 Å². The summed E-state index contributed by atoms with van der Waals surface area (Å²) in [6.45, 7) is 21.3. The SMILES string of the molecule is CCCCCCN(C(=O)[C@H](C(=O)N[C@@]1(C)CCCN1C)[C@@H](C)CC)[C@H](C[C@@H](OC(C)=O)c1nc(NC(=O)[C@@H](Cc2ccc(NC(=O)OCc3ccc(NC(=O)[C@H](CCCNC(N)=O)NC(=O)[C@@H](N)C(C)C)cc3)cc2)CC(C)(C)C(=O)O)cs1)C(C)C. The molecule has 2 aromatic carbocycles. The van der Waals surface area contributed by atoms with E-state index in [4.69, 9.17) is 25.9 Å². The number of carboxylic acids is 1. The summed E-state index contributed by atoms with van der Waals surface area (Å²) in [6, 6.07) is 10.3. The van der Waals surface area contributed by atoms with E-state index in [2.05, 4.69) is 43.7 Å². The lowest BCUT2D eigenvalue weighted by atomic mass is 9.80. The highest BCUT2D eigenvalue weighted by molar-refractivity contribution is 7.10. The molecular weight excluding hydrogens is 1130 g/mol. The zero-order chi connectivity index (χ0) is 64.8. The van der Waals surface area contributed by atoms with Gasteiger partial charge in [0, 0.05) is 61.7 Å². The Balaban J connectivity index is 1.46. The first kappa shape index (κ1) is 72.3. The Morgan fingerprint density at radius 2 is 1.48 bits per heavy atom. The van der Waals surface area contributed by atoms with Crippen LogP contribution in [0.5, 0.6) is 0 Å². The van der Waals surface area contributed by atoms with Crippen LogP contribution in [0, 0.1) is 35.0 Å². The topological polar surface area (TPSA) is 336 Å². The molecule has 8 atom stereocenters. The summed E-state index contributed by atoms with van der Waals surface area (Å²) in [6.07, 6.45) is 4.99. The van der Waals surface area contributed by atoms with Crippen LogP contribution >= 0.6 is 11.3 Å². The second-order valence-corrected chi connectivity index (χ2v) is 25.5. The number of hydrogen-bond acceptors (Lipinski definition) is 15. The van der Waals surface area contributed by atoms with Crippen LogP contribution in [0.15, 0.2) is 53.9 Å². The van der Waals surface area contributed by atoms with Gasteiger partial charge in [-0.25, -0.2) is 14.6 Å². The molecule has 1 fully saturated rings. The summed E-state index contributed by atoms with van der Waals surface area (Å²) in [5, 5.41) is 28.9. The van der Waals surface area contributed by atoms with Crippen molar-refractivity contribution in [3.63, 3.8) is 0 Å². The number of aromatic nitrogens is 1. The van der Waals surface area contributed by atoms with E-state index in [1.165, 1.54) is 18.3 Å². The van der Waals surface area contributed by atoms with Gasteiger partial charge in [-0.05, 0) is 126 Å². The molecule has 1 saturated heterocycles. The van der Waals surface area contributed by atoms with E-state index < -0.39 is 88.9 Å². The number of urea groups is 1. The van der Waals surface area contributed by atoms with Crippen molar-refractivity contribution in [3.8, 4) is 0 Å². The maximum atomic E-state index is 15.1. The number of carboxylic acid groups (broad SMARTS) is 1. The number of ether oxygens (including phenoxy) is 2. The minimum Gasteiger partial charge on any atom is -0.481 e. The minimum absolute atomic E-state index is 0.0470. The Hall–Kier alpha value is -7.18. The average molecular weight is 1230 g/mol. The Morgan fingerprint density at radius 1 is 0.839 bits per heavy atom. The van der Waals surface area contributed by atoms with Gasteiger partial charge in [0.15, 0.2) is 6.10 Å². The van der Waals surface area contributed by atoms with E-state index >= 15 is 4.79 Å². The number of thiazole rings is 1. The number of unbranched alkanes of at least 4 members (excludes halogenated alkanes) is 3. The summed E-state index contributed by atoms with van der Waals surface area (Å²) in [4.78, 5) is 128. The molecule has 1 aromatic heterocycles. The number of primary amides is 1. The lowest BCUT2D eigenvalue weighted by Crippen LogP contribution is -2.58. The van der Waals surface area contributed by atoms with Crippen LogP contribution in [-0.4, -0.2) is 124 Å². The van der Waals surface area contributed by atoms with E-state index in [-0.39, 0.29) is 74.2 Å². The molecule has 8 amide bonds. The second-order valence-electron chi connectivity index (χ2n) is 24.6. The quantitative estimate of drug-likeness (QED) is 0.0151. The van der Waals surface area contributed by atoms with Crippen LogP contribution in [0.1, 0.15) is 169 Å². The third-order valence-corrected chi connectivity index (χ3v) is 17.2. The average Bonchev–Trinajstić information content (AvgIpc) is 2.59. The minimum atomic E-state index is -1.31. The molecule has 1 aliphatic rings. The fourth-order valence-corrected chi connectivity index (χ4v) is 11.2. The Bertz CT molecular complexity index is 2780. The number of nitrogens with zero attached hydrogens (tertiary/aromatic N) is 3. The predicted octanol–water partition coefficient (Wildman–Crippen LogP) is 8.69. The van der Waals surface area contributed by atoms with E-state index in [1.54, 1.807) is 81.6 Å². The molecule has 0 aliphatic carbocycles. The summed E-state index contributed by atoms with van der Waals surface area (Å²) >= 11 is 1.18. The fourth-order valence-electron chi connectivity index (χ4n) is 10.4. The number of aliphatic carboxylic acids is 1. The molecule has 23 nitrogen and oxygen atoms in total. The molecule has 0 saturated carbocycles. The number of rotatable bonds is 35. The van der Waals surface area contributed by atoms with E-state index in [9.17, 15) is 43.5 Å². The molecule has 24 heteroatoms. The third kappa shape index (κ3) is 22.8. The Kier molecular flexibility index (Phi) is 28.6. The molecule has 11 N–H and O–H groups in total. The highest BCUT2D eigenvalue weighted by atomic mass is 32.1. The van der Waals surface area contributed by atoms with Gasteiger partial charge in [-0.2, -0.15) is 0 Å². The third-order valence-electron chi connectivity index (χ3n) is 16.3. The van der Waals surface area contributed by atoms with Crippen LogP contribution in [0.25, 0.3) is 0 Å². The molecule has 87 heavy (non-hydrogen) atoms. The Labute approximate surface area is 517 Å². The van der Waals surface area contributed by atoms with Crippen LogP contribution in [-0.2, 0) is 56.1 Å². The Morgan fingerprint density at radius 3 is 2.05 bits per heavy atom. The lowest BCUT2D eigenvalue weighted by Gasteiger charge is -2.40. The normalized spacial score (nSPS) is 16.7. The molecule has 3 aromatic rings. The number of hydrogen-bond donors (Lipinski definition) is 9. The summed E-state index contributed by atoms with van der Waals surface area (Å²) in [7, 11) is 1.98. The predicted molar refractivity (Wildman–Crippen MR) is 336 cm³/mol. The highest BCUT2D eigenvalue weighted by Gasteiger charge is 2.44. The van der Waals surface area contributed by atoms with Gasteiger partial charge in [0.05, 0.1) is 17.1 Å². The highest BCUT2D eigenvalue weighted by Crippen LogP contribution is 2.35. The first-order valence-electron chi connectivity index (χ1n) is 30.5. The van der Waals surface area contributed by atoms with Crippen molar-refractivity contribution in [1.29, 1.82) is 0 Å². The van der Waals surface area contributed by atoms with Gasteiger partial charge in [-0.15, -0.1) is 11.3 Å². The standard InChI is InChI=1S/C63H97N11O12S/c1-13-15-16-17-32-74(58(80)51(40(7)14-2)55(78)72-63(11)29-19-31-73(63)12)48(38(3)4)34-49(86-41(8)75)57-71-50(37-87-57)70-53(76)44(35-62(9,10)59(81)82)33-42-21-25-46(26-22-42)68-61(84)85-36-43-23-27-45(28-24-43)67-54(77)47(20-18-30-66-60(65)83)69-56(79)52(64)39(5)6/h21-28,37-40,44,47-49,51-52H,13-20,29-36,64H2,1-12H3,(H,67,77)(H,68,84)(H,69,79)(H,70,76)(H,72,78)(H,81,82)(H3,65,66,83)/t40-,44-,47-,48+,49+,51-,52-,63+/m0/s1. The van der Waals surface area contributed by atoms with Gasteiger partial charge >= 0.3 is 24.1 Å². The van der Waals surface area contributed by atoms with Crippen molar-refractivity contribution in [2.45, 2.75) is 190 Å². The number of likely N-dealkylation sites (tertiary alicyclic amines) is 1. The largest absolute Gasteiger partial charge is 0.481 e. The number of carbonyl (C=O) groups excluding carboxylic acids is 8. The van der Waals surface area contributed by atoms with Crippen molar-refractivity contribution in [2.24, 2.45) is 46.5 Å². The van der Waals surface area contributed by atoms with Gasteiger partial charge in [0.2, 0.25) is 29.5 Å². The summed E-state index contributed by atoms with van der Waals surface area (Å²) in [5.41, 5.74) is 11.4. The number of benzene rings is 2. The lowest BCUT2D eigenvalue weighted by molar-refractivity contribution is -0.152. The zero-order valence-corrected chi connectivity index (χ0v) is 53.9. The molecule has 1 aliphatic heterocycles. The number of nitrogens with one attached hydrogen (secondary N) is 6. The first-order chi connectivity index (χ1) is 41.0. The summed E-state index contributed by atoms with van der Waals surface area (Å²) < 4.78 is 11.4. The first-order valence-corrected chi connectivity index (χ1v) is 31.4. The molecule has 0 unspecified atom stereocenters. The maximum absolute atomic E-state index is 15.1. The van der Waals surface area contributed by atoms with Gasteiger partial charge in [-0.1, -0.05) is 98.4 Å². The number of nitrogens with two attached hydrogens (primary N) is 2. The molecule has 0 radical (unpaired) electrons. The van der Waals surface area contributed by atoms with Gasteiger partial charge in [-0.3, -0.25) is 43.8 Å². The molecule has 4 rings (SSSR count). The smallest absolute Gasteiger partial charge is 0.411 e.